The summed E-state index contributed by atoms with van der Waals surface area (Å²) in [5.41, 5.74) is 8.01. The molecule has 1 heterocycles. The molecule has 0 unspecified atom stereocenters. The van der Waals surface area contributed by atoms with E-state index in [1.54, 1.807) is 0 Å². The Hall–Kier alpha value is -2.41. The summed E-state index contributed by atoms with van der Waals surface area (Å²) in [6, 6.07) is 2.65. The Morgan fingerprint density at radius 3 is 2.77 bits per heavy atom. The minimum absolute atomic E-state index is 0.195. The fraction of sp³-hybridized carbons (Fsp3) is 0.133. The maximum atomic E-state index is 14.1. The molecule has 1 aromatic heterocycles. The number of nitrogens with zero attached hydrogens (tertiary/aromatic N) is 2. The number of nitrogen functional groups attached to an aromatic ring is 1. The topological polar surface area (TPSA) is 87.7 Å². The van der Waals surface area contributed by atoms with Gasteiger partial charge in [0.1, 0.15) is 23.0 Å². The number of aromatic nitrogens is 2. The third-order valence-corrected chi connectivity index (χ3v) is 3.71. The Balaban J connectivity index is 2.52. The van der Waals surface area contributed by atoms with Gasteiger partial charge < -0.3 is 16.5 Å². The molecule has 0 saturated heterocycles. The zero-order valence-corrected chi connectivity index (χ0v) is 13.1. The van der Waals surface area contributed by atoms with Crippen molar-refractivity contribution >= 4 is 40.7 Å². The Morgan fingerprint density at radius 2 is 2.18 bits per heavy atom. The molecule has 0 fully saturated rings. The van der Waals surface area contributed by atoms with E-state index in [0.29, 0.717) is 11.4 Å². The van der Waals surface area contributed by atoms with Gasteiger partial charge in [0.25, 0.3) is 0 Å². The molecule has 0 atom stereocenters. The van der Waals surface area contributed by atoms with Crippen LogP contribution in [0.15, 0.2) is 30.1 Å². The van der Waals surface area contributed by atoms with Crippen LogP contribution >= 0.6 is 11.8 Å². The first-order valence-electron chi connectivity index (χ1n) is 6.39. The molecule has 22 heavy (non-hydrogen) atoms. The average Bonchev–Trinajstić information content (AvgIpc) is 2.49. The second kappa shape index (κ2) is 6.57. The normalized spacial score (nSPS) is 10.3. The lowest BCUT2D eigenvalue weighted by atomic mass is 10.1. The molecule has 0 bridgehead atoms. The summed E-state index contributed by atoms with van der Waals surface area (Å²) >= 11 is 1.46. The molecule has 5 nitrogen and oxygen atoms in total. The van der Waals surface area contributed by atoms with Crippen LogP contribution in [0.2, 0.25) is 0 Å². The van der Waals surface area contributed by atoms with E-state index in [9.17, 15) is 4.39 Å². The van der Waals surface area contributed by atoms with E-state index >= 15 is 0 Å². The second-order valence-electron chi connectivity index (χ2n) is 4.62. The van der Waals surface area contributed by atoms with Crippen molar-refractivity contribution < 1.29 is 4.39 Å². The van der Waals surface area contributed by atoms with Crippen molar-refractivity contribution in [1.82, 2.24) is 9.97 Å². The van der Waals surface area contributed by atoms with Gasteiger partial charge in [-0.25, -0.2) is 14.4 Å². The number of hydrogen-bond acceptors (Lipinski definition) is 6. The molecule has 0 radical (unpaired) electrons. The fourth-order valence-corrected chi connectivity index (χ4v) is 2.58. The van der Waals surface area contributed by atoms with Gasteiger partial charge in [0.2, 0.25) is 0 Å². The van der Waals surface area contributed by atoms with Gasteiger partial charge in [0.15, 0.2) is 0 Å². The molecule has 1 aromatic carbocycles. The number of halogens is 1. The van der Waals surface area contributed by atoms with Crippen molar-refractivity contribution in [2.45, 2.75) is 11.9 Å². The maximum absolute atomic E-state index is 14.1. The van der Waals surface area contributed by atoms with Gasteiger partial charge >= 0.3 is 0 Å². The average molecular weight is 317 g/mol. The SMILES string of the molecule is C=C(C)c1c(Nc2cc(C=N)c(N)cc2F)ncnc1SC. The fourth-order valence-electron chi connectivity index (χ4n) is 1.96. The summed E-state index contributed by atoms with van der Waals surface area (Å²) in [6.07, 6.45) is 4.38. The largest absolute Gasteiger partial charge is 0.398 e. The van der Waals surface area contributed by atoms with E-state index in [2.05, 4.69) is 21.9 Å². The summed E-state index contributed by atoms with van der Waals surface area (Å²) < 4.78 is 14.1. The van der Waals surface area contributed by atoms with Crippen LogP contribution < -0.4 is 11.1 Å². The standard InChI is InChI=1S/C15H16FN5S/c1-8(2)13-14(19-7-20-15(13)22-3)21-12-4-9(6-17)11(18)5-10(12)16/h4-7,17H,1,18H2,2-3H3,(H,19,20,21). The highest BCUT2D eigenvalue weighted by molar-refractivity contribution is 7.98. The second-order valence-corrected chi connectivity index (χ2v) is 5.41. The predicted octanol–water partition coefficient (Wildman–Crippen LogP) is 3.69. The molecule has 0 amide bonds. The van der Waals surface area contributed by atoms with Gasteiger partial charge in [-0.2, -0.15) is 0 Å². The Morgan fingerprint density at radius 1 is 1.45 bits per heavy atom. The van der Waals surface area contributed by atoms with Crippen LogP contribution in [-0.4, -0.2) is 22.4 Å². The number of hydrogen-bond donors (Lipinski definition) is 3. The molecular weight excluding hydrogens is 301 g/mol. The zero-order valence-electron chi connectivity index (χ0n) is 12.3. The third-order valence-electron chi connectivity index (χ3n) is 3.01. The predicted molar refractivity (Wildman–Crippen MR) is 90.5 cm³/mol. The first-order valence-corrected chi connectivity index (χ1v) is 7.61. The van der Waals surface area contributed by atoms with Gasteiger partial charge in [-0.1, -0.05) is 6.58 Å². The van der Waals surface area contributed by atoms with Crippen LogP contribution in [0.1, 0.15) is 18.1 Å². The van der Waals surface area contributed by atoms with E-state index in [4.69, 9.17) is 11.1 Å². The lowest BCUT2D eigenvalue weighted by Gasteiger charge is -2.14. The van der Waals surface area contributed by atoms with Gasteiger partial charge in [0, 0.05) is 17.5 Å². The van der Waals surface area contributed by atoms with E-state index in [0.717, 1.165) is 22.4 Å². The van der Waals surface area contributed by atoms with Gasteiger partial charge in [0.05, 0.1) is 11.3 Å². The van der Waals surface area contributed by atoms with Crippen LogP contribution in [0.4, 0.5) is 21.6 Å². The molecule has 7 heteroatoms. The van der Waals surface area contributed by atoms with Crippen LogP contribution in [0.5, 0.6) is 0 Å². The summed E-state index contributed by atoms with van der Waals surface area (Å²) in [6.45, 7) is 5.76. The number of thioether (sulfide) groups is 1. The molecule has 0 aliphatic carbocycles. The number of rotatable bonds is 5. The molecule has 0 saturated carbocycles. The molecule has 2 aromatic rings. The number of nitrogens with one attached hydrogen (secondary N) is 2. The number of nitrogens with two attached hydrogens (primary N) is 1. The Labute approximate surface area is 132 Å². The quantitative estimate of drug-likeness (QED) is 0.339. The molecule has 0 aliphatic rings. The van der Waals surface area contributed by atoms with Crippen molar-refractivity contribution in [3.63, 3.8) is 0 Å². The Kier molecular flexibility index (Phi) is 4.77. The smallest absolute Gasteiger partial charge is 0.148 e. The van der Waals surface area contributed by atoms with Crippen molar-refractivity contribution in [3.05, 3.63) is 42.0 Å². The zero-order chi connectivity index (χ0) is 16.3. The van der Waals surface area contributed by atoms with E-state index in [1.807, 2.05) is 13.2 Å². The van der Waals surface area contributed by atoms with Gasteiger partial charge in [-0.05, 0) is 30.9 Å². The van der Waals surface area contributed by atoms with Crippen LogP contribution in [0.25, 0.3) is 5.57 Å². The number of anilines is 3. The lowest BCUT2D eigenvalue weighted by molar-refractivity contribution is 0.632. The van der Waals surface area contributed by atoms with Crippen molar-refractivity contribution in [2.24, 2.45) is 0 Å². The van der Waals surface area contributed by atoms with Crippen molar-refractivity contribution in [3.8, 4) is 0 Å². The first-order chi connectivity index (χ1) is 10.5. The van der Waals surface area contributed by atoms with Crippen LogP contribution in [0, 0.1) is 11.2 Å². The highest BCUT2D eigenvalue weighted by Gasteiger charge is 2.14. The summed E-state index contributed by atoms with van der Waals surface area (Å²) in [5, 5.41) is 11.0. The van der Waals surface area contributed by atoms with E-state index in [-0.39, 0.29) is 11.4 Å². The lowest BCUT2D eigenvalue weighted by Crippen LogP contribution is -2.04. The van der Waals surface area contributed by atoms with E-state index in [1.165, 1.54) is 30.2 Å². The molecular formula is C15H16FN5S. The third kappa shape index (κ3) is 3.09. The van der Waals surface area contributed by atoms with E-state index < -0.39 is 5.82 Å². The summed E-state index contributed by atoms with van der Waals surface area (Å²) in [5.74, 6) is -0.0495. The van der Waals surface area contributed by atoms with Crippen molar-refractivity contribution in [1.29, 1.82) is 5.41 Å². The minimum atomic E-state index is -0.514. The number of allylic oxidation sites excluding steroid dienone is 1. The van der Waals surface area contributed by atoms with Gasteiger partial charge in [-0.15, -0.1) is 11.8 Å². The highest BCUT2D eigenvalue weighted by atomic mass is 32.2. The molecule has 0 spiro atoms. The summed E-state index contributed by atoms with van der Waals surface area (Å²) in [7, 11) is 0. The molecule has 114 valence electrons. The monoisotopic (exact) mass is 317 g/mol. The van der Waals surface area contributed by atoms with Crippen LogP contribution in [-0.2, 0) is 0 Å². The maximum Gasteiger partial charge on any atom is 0.148 e. The van der Waals surface area contributed by atoms with Crippen LogP contribution in [0.3, 0.4) is 0 Å². The molecule has 0 aliphatic heterocycles. The first kappa shape index (κ1) is 16.0. The highest BCUT2D eigenvalue weighted by Crippen LogP contribution is 2.32. The Bertz CT molecular complexity index is 745. The minimum Gasteiger partial charge on any atom is -0.398 e. The summed E-state index contributed by atoms with van der Waals surface area (Å²) in [4.78, 5) is 8.36. The van der Waals surface area contributed by atoms with Crippen molar-refractivity contribution in [2.75, 3.05) is 17.3 Å². The number of benzene rings is 1. The van der Waals surface area contributed by atoms with Gasteiger partial charge in [-0.3, -0.25) is 0 Å². The molecule has 2 rings (SSSR count). The molecule has 4 N–H and O–H groups in total.